The number of nitrogens with zero attached hydrogens (tertiary/aromatic N) is 3. The molecule has 4 rings (SSSR count). The van der Waals surface area contributed by atoms with Crippen LogP contribution in [-0.2, 0) is 0 Å². The van der Waals surface area contributed by atoms with Gasteiger partial charge >= 0.3 is 0 Å². The van der Waals surface area contributed by atoms with Gasteiger partial charge in [-0.1, -0.05) is 28.1 Å². The Morgan fingerprint density at radius 2 is 2.12 bits per heavy atom. The molecule has 2 aromatic carbocycles. The third kappa shape index (κ3) is 2.67. The smallest absolute Gasteiger partial charge is 0.293 e. The van der Waals surface area contributed by atoms with E-state index in [2.05, 4.69) is 26.9 Å². The summed E-state index contributed by atoms with van der Waals surface area (Å²) in [5.41, 5.74) is 1.80. The fraction of sp³-hybridized carbons (Fsp3) is 0.235. The third-order valence-corrected chi connectivity index (χ3v) is 5.92. The van der Waals surface area contributed by atoms with E-state index < -0.39 is 0 Å². The van der Waals surface area contributed by atoms with Crippen molar-refractivity contribution in [3.63, 3.8) is 0 Å². The van der Waals surface area contributed by atoms with Gasteiger partial charge in [0.25, 0.3) is 5.69 Å². The van der Waals surface area contributed by atoms with Crippen molar-refractivity contribution >= 4 is 48.9 Å². The largest absolute Gasteiger partial charge is 0.357 e. The Balaban J connectivity index is 1.77. The van der Waals surface area contributed by atoms with E-state index in [-0.39, 0.29) is 16.7 Å². The summed E-state index contributed by atoms with van der Waals surface area (Å²) in [4.78, 5) is 18.0. The monoisotopic (exact) mass is 403 g/mol. The number of benzene rings is 2. The average Bonchev–Trinajstić information content (AvgIpc) is 3.20. The van der Waals surface area contributed by atoms with Crippen molar-refractivity contribution in [3.05, 3.63) is 62.1 Å². The van der Waals surface area contributed by atoms with Crippen LogP contribution in [0, 0.1) is 10.1 Å². The van der Waals surface area contributed by atoms with Crippen LogP contribution in [0.5, 0.6) is 0 Å². The van der Waals surface area contributed by atoms with Crippen LogP contribution in [0.25, 0.3) is 10.2 Å². The first-order valence-corrected chi connectivity index (χ1v) is 9.30. The van der Waals surface area contributed by atoms with Crippen LogP contribution in [-0.4, -0.2) is 16.5 Å². The van der Waals surface area contributed by atoms with Crippen LogP contribution in [0.1, 0.15) is 23.9 Å². The lowest BCUT2D eigenvalue weighted by Gasteiger charge is -2.25. The summed E-state index contributed by atoms with van der Waals surface area (Å²) >= 11 is 5.00. The number of rotatable bonds is 3. The summed E-state index contributed by atoms with van der Waals surface area (Å²) in [6.07, 6.45) is 1.97. The van der Waals surface area contributed by atoms with Crippen molar-refractivity contribution < 1.29 is 4.92 Å². The van der Waals surface area contributed by atoms with Crippen molar-refractivity contribution in [2.24, 2.45) is 0 Å². The lowest BCUT2D eigenvalue weighted by molar-refractivity contribution is -0.384. The Bertz CT molecular complexity index is 894. The van der Waals surface area contributed by atoms with Gasteiger partial charge in [-0.3, -0.25) is 10.1 Å². The minimum Gasteiger partial charge on any atom is -0.357 e. The molecule has 122 valence electrons. The van der Waals surface area contributed by atoms with Crippen molar-refractivity contribution in [2.75, 3.05) is 11.4 Å². The Morgan fingerprint density at radius 1 is 1.29 bits per heavy atom. The number of fused-ring (bicyclic) bond motifs is 1. The van der Waals surface area contributed by atoms with Gasteiger partial charge in [0.2, 0.25) is 0 Å². The molecule has 0 N–H and O–H groups in total. The number of hydrogen-bond donors (Lipinski definition) is 0. The highest BCUT2D eigenvalue weighted by atomic mass is 79.9. The van der Waals surface area contributed by atoms with Gasteiger partial charge in [-0.2, -0.15) is 0 Å². The van der Waals surface area contributed by atoms with Crippen molar-refractivity contribution in [1.29, 1.82) is 0 Å². The first kappa shape index (κ1) is 15.5. The summed E-state index contributed by atoms with van der Waals surface area (Å²) in [7, 11) is 0. The molecule has 1 fully saturated rings. The van der Waals surface area contributed by atoms with Crippen molar-refractivity contribution in [1.82, 2.24) is 4.98 Å². The minimum atomic E-state index is -0.312. The number of thiazole rings is 1. The van der Waals surface area contributed by atoms with Gasteiger partial charge in [-0.25, -0.2) is 4.98 Å². The first-order chi connectivity index (χ1) is 11.6. The molecule has 1 atom stereocenters. The Morgan fingerprint density at radius 3 is 2.92 bits per heavy atom. The maximum Gasteiger partial charge on any atom is 0.293 e. The molecule has 1 aliphatic heterocycles. The van der Waals surface area contributed by atoms with Crippen LogP contribution in [0.3, 0.4) is 0 Å². The molecule has 0 spiro atoms. The number of halogens is 1. The van der Waals surface area contributed by atoms with Gasteiger partial charge in [0.15, 0.2) is 0 Å². The zero-order chi connectivity index (χ0) is 16.7. The molecular weight excluding hydrogens is 390 g/mol. The van der Waals surface area contributed by atoms with Gasteiger partial charge in [0.1, 0.15) is 10.7 Å². The molecule has 2 heterocycles. The van der Waals surface area contributed by atoms with E-state index in [1.807, 2.05) is 30.3 Å². The lowest BCUT2D eigenvalue weighted by Crippen LogP contribution is -2.23. The fourth-order valence-electron chi connectivity index (χ4n) is 3.23. The number of nitro benzene ring substituents is 1. The first-order valence-electron chi connectivity index (χ1n) is 7.69. The van der Waals surface area contributed by atoms with E-state index in [0.29, 0.717) is 10.2 Å². The molecule has 5 nitrogen and oxygen atoms in total. The number of para-hydroxylation sites is 1. The highest BCUT2D eigenvalue weighted by Gasteiger charge is 2.32. The Labute approximate surface area is 151 Å². The summed E-state index contributed by atoms with van der Waals surface area (Å²) in [6, 6.07) is 13.4. The van der Waals surface area contributed by atoms with Crippen LogP contribution in [0.15, 0.2) is 46.9 Å². The maximum absolute atomic E-state index is 11.5. The molecule has 0 aliphatic carbocycles. The number of nitro groups is 1. The van der Waals surface area contributed by atoms with Crippen molar-refractivity contribution in [2.45, 2.75) is 18.9 Å². The van der Waals surface area contributed by atoms with E-state index >= 15 is 0 Å². The number of anilines is 1. The second-order valence-corrected chi connectivity index (χ2v) is 7.74. The number of hydrogen-bond acceptors (Lipinski definition) is 5. The molecule has 0 bridgehead atoms. The van der Waals surface area contributed by atoms with Crippen LogP contribution in [0.4, 0.5) is 11.4 Å². The molecule has 0 unspecified atom stereocenters. The highest BCUT2D eigenvalue weighted by Crippen LogP contribution is 2.43. The van der Waals surface area contributed by atoms with E-state index in [1.165, 1.54) is 0 Å². The molecule has 0 radical (unpaired) electrons. The summed E-state index contributed by atoms with van der Waals surface area (Å²) in [6.45, 7) is 0.809. The quantitative estimate of drug-likeness (QED) is 0.439. The summed E-state index contributed by atoms with van der Waals surface area (Å²) < 4.78 is 1.87. The normalized spacial score (nSPS) is 17.5. The predicted octanol–water partition coefficient (Wildman–Crippen LogP) is 5.31. The highest BCUT2D eigenvalue weighted by molar-refractivity contribution is 9.10. The maximum atomic E-state index is 11.5. The number of aromatic nitrogens is 1. The van der Waals surface area contributed by atoms with Gasteiger partial charge in [0, 0.05) is 17.1 Å². The van der Waals surface area contributed by atoms with Crippen molar-refractivity contribution in [3.8, 4) is 0 Å². The molecule has 3 aromatic rings. The molecule has 1 saturated heterocycles. The summed E-state index contributed by atoms with van der Waals surface area (Å²) in [5, 5.41) is 12.5. The Hall–Kier alpha value is -1.99. The standard InChI is InChI=1S/C17H14BrN3O2S/c18-11-7-8-13(15(10-11)21(22)23)20-9-3-5-14(20)17-19-12-4-1-2-6-16(12)24-17/h1-2,4,6-8,10,14H,3,5,9H2/t14-/m1/s1. The Kier molecular flexibility index (Phi) is 3.97. The molecule has 1 aromatic heterocycles. The fourth-order valence-corrected chi connectivity index (χ4v) is 4.69. The van der Waals surface area contributed by atoms with Gasteiger partial charge in [-0.15, -0.1) is 11.3 Å². The van der Waals surface area contributed by atoms with E-state index in [0.717, 1.165) is 34.6 Å². The van der Waals surface area contributed by atoms with Gasteiger partial charge in [0.05, 0.1) is 21.2 Å². The summed E-state index contributed by atoms with van der Waals surface area (Å²) in [5.74, 6) is 0. The van der Waals surface area contributed by atoms with E-state index in [1.54, 1.807) is 17.4 Å². The van der Waals surface area contributed by atoms with Gasteiger partial charge in [-0.05, 0) is 37.1 Å². The van der Waals surface area contributed by atoms with E-state index in [4.69, 9.17) is 4.98 Å². The molecule has 24 heavy (non-hydrogen) atoms. The third-order valence-electron chi connectivity index (χ3n) is 4.29. The lowest BCUT2D eigenvalue weighted by atomic mass is 10.2. The van der Waals surface area contributed by atoms with Crippen LogP contribution >= 0.6 is 27.3 Å². The second kappa shape index (κ2) is 6.14. The predicted molar refractivity (Wildman–Crippen MR) is 99.7 cm³/mol. The molecule has 0 amide bonds. The molecular formula is C17H14BrN3O2S. The average molecular weight is 404 g/mol. The molecule has 0 saturated carbocycles. The minimum absolute atomic E-state index is 0.0993. The zero-order valence-electron chi connectivity index (χ0n) is 12.7. The molecule has 7 heteroatoms. The van der Waals surface area contributed by atoms with Gasteiger partial charge < -0.3 is 4.90 Å². The topological polar surface area (TPSA) is 59.3 Å². The van der Waals surface area contributed by atoms with Crippen LogP contribution in [0.2, 0.25) is 0 Å². The van der Waals surface area contributed by atoms with E-state index in [9.17, 15) is 10.1 Å². The molecule has 1 aliphatic rings. The zero-order valence-corrected chi connectivity index (χ0v) is 15.1. The second-order valence-electron chi connectivity index (χ2n) is 5.76. The SMILES string of the molecule is O=[N+]([O-])c1cc(Br)ccc1N1CCC[C@@H]1c1nc2ccccc2s1. The van der Waals surface area contributed by atoms with Crippen LogP contribution < -0.4 is 4.90 Å².